The summed E-state index contributed by atoms with van der Waals surface area (Å²) in [5, 5.41) is 2.86. The average molecular weight is 310 g/mol. The molecule has 2 fully saturated rings. The van der Waals surface area contributed by atoms with E-state index < -0.39 is 10.0 Å². The van der Waals surface area contributed by atoms with Gasteiger partial charge in [0.25, 0.3) is 0 Å². The van der Waals surface area contributed by atoms with Crippen molar-refractivity contribution in [3.05, 3.63) is 18.3 Å². The van der Waals surface area contributed by atoms with Crippen LogP contribution in [0.1, 0.15) is 12.8 Å². The van der Waals surface area contributed by atoms with Crippen molar-refractivity contribution < 1.29 is 8.42 Å². The second kappa shape index (κ2) is 5.90. The minimum atomic E-state index is -3.46. The van der Waals surface area contributed by atoms with Gasteiger partial charge in [0, 0.05) is 46.0 Å². The number of hydrogen-bond donors (Lipinski definition) is 1. The highest BCUT2D eigenvalue weighted by atomic mass is 32.2. The molecule has 0 radical (unpaired) electrons. The number of rotatable bonds is 5. The molecule has 0 aromatic carbocycles. The van der Waals surface area contributed by atoms with Gasteiger partial charge in [-0.15, -0.1) is 0 Å². The van der Waals surface area contributed by atoms with Crippen LogP contribution < -0.4 is 5.32 Å². The van der Waals surface area contributed by atoms with Crippen LogP contribution in [0, 0.1) is 5.92 Å². The highest BCUT2D eigenvalue weighted by Crippen LogP contribution is 2.30. The van der Waals surface area contributed by atoms with Gasteiger partial charge in [-0.1, -0.05) is 0 Å². The van der Waals surface area contributed by atoms with Gasteiger partial charge in [-0.3, -0.25) is 0 Å². The summed E-state index contributed by atoms with van der Waals surface area (Å²) in [4.78, 5) is 6.74. The van der Waals surface area contributed by atoms with E-state index in [-0.39, 0.29) is 4.90 Å². The second-order valence-corrected chi connectivity index (χ2v) is 7.65. The predicted molar refractivity (Wildman–Crippen MR) is 81.7 cm³/mol. The van der Waals surface area contributed by atoms with Gasteiger partial charge in [0.05, 0.1) is 0 Å². The van der Waals surface area contributed by atoms with E-state index in [9.17, 15) is 8.42 Å². The van der Waals surface area contributed by atoms with Gasteiger partial charge in [0.1, 0.15) is 10.7 Å². The highest BCUT2D eigenvalue weighted by Gasteiger charge is 2.32. The zero-order valence-corrected chi connectivity index (χ0v) is 13.1. The molecule has 1 saturated carbocycles. The summed E-state index contributed by atoms with van der Waals surface area (Å²) in [6.07, 6.45) is 4.26. The number of nitrogens with zero attached hydrogens (tertiary/aromatic N) is 3. The molecule has 1 aliphatic carbocycles. The maximum atomic E-state index is 12.7. The van der Waals surface area contributed by atoms with E-state index in [0.717, 1.165) is 25.6 Å². The summed E-state index contributed by atoms with van der Waals surface area (Å²) in [6, 6.07) is 3.28. The van der Waals surface area contributed by atoms with Crippen LogP contribution in [-0.2, 0) is 10.0 Å². The minimum absolute atomic E-state index is 0.267. The van der Waals surface area contributed by atoms with Gasteiger partial charge in [-0.2, -0.15) is 4.31 Å². The number of pyridine rings is 1. The molecule has 1 N–H and O–H groups in total. The summed E-state index contributed by atoms with van der Waals surface area (Å²) in [5.41, 5.74) is 0. The first-order valence-corrected chi connectivity index (χ1v) is 8.90. The molecule has 0 spiro atoms. The topological polar surface area (TPSA) is 65.5 Å². The van der Waals surface area contributed by atoms with E-state index in [2.05, 4.69) is 15.2 Å². The summed E-state index contributed by atoms with van der Waals surface area (Å²) in [7, 11) is -1.77. The molecule has 0 unspecified atom stereocenters. The molecule has 2 heterocycles. The van der Waals surface area contributed by atoms with E-state index in [1.54, 1.807) is 29.7 Å². The van der Waals surface area contributed by atoms with Crippen molar-refractivity contribution in [2.45, 2.75) is 17.7 Å². The lowest BCUT2D eigenvalue weighted by molar-refractivity contribution is 0.182. The third-order valence-corrected chi connectivity index (χ3v) is 6.10. The first-order valence-electron chi connectivity index (χ1n) is 7.46. The zero-order valence-electron chi connectivity index (χ0n) is 12.3. The Bertz CT molecular complexity index is 593. The van der Waals surface area contributed by atoms with Crippen molar-refractivity contribution in [3.63, 3.8) is 0 Å². The predicted octanol–water partition coefficient (Wildman–Crippen LogP) is 0.840. The number of aromatic nitrogens is 1. The maximum absolute atomic E-state index is 12.7. The number of nitrogens with one attached hydrogen (secondary N) is 1. The molecule has 3 rings (SSSR count). The molecule has 1 aliphatic heterocycles. The zero-order chi connectivity index (χ0) is 14.9. The van der Waals surface area contributed by atoms with Crippen LogP contribution in [0.2, 0.25) is 0 Å². The standard InChI is InChI=1S/C14H22N4O2S/c1-15-14-13(3-2-6-16-14)21(19,20)18-9-7-17(8-10-18)11-12-4-5-12/h2-3,6,12H,4-5,7-11H2,1H3,(H,15,16). The second-order valence-electron chi connectivity index (χ2n) is 5.75. The molecular weight excluding hydrogens is 288 g/mol. The molecule has 1 saturated heterocycles. The quantitative estimate of drug-likeness (QED) is 0.873. The van der Waals surface area contributed by atoms with Crippen LogP contribution in [0.15, 0.2) is 23.2 Å². The van der Waals surface area contributed by atoms with E-state index >= 15 is 0 Å². The molecule has 21 heavy (non-hydrogen) atoms. The van der Waals surface area contributed by atoms with Gasteiger partial charge in [-0.05, 0) is 30.9 Å². The van der Waals surface area contributed by atoms with E-state index in [4.69, 9.17) is 0 Å². The van der Waals surface area contributed by atoms with Gasteiger partial charge in [0.15, 0.2) is 0 Å². The fourth-order valence-electron chi connectivity index (χ4n) is 2.74. The lowest BCUT2D eigenvalue weighted by atomic mass is 10.3. The Labute approximate surface area is 126 Å². The minimum Gasteiger partial charge on any atom is -0.372 e. The number of anilines is 1. The number of piperazine rings is 1. The fraction of sp³-hybridized carbons (Fsp3) is 0.643. The Morgan fingerprint density at radius 1 is 1.29 bits per heavy atom. The van der Waals surface area contributed by atoms with Crippen molar-refractivity contribution in [1.82, 2.24) is 14.2 Å². The van der Waals surface area contributed by atoms with Gasteiger partial charge < -0.3 is 10.2 Å². The Hall–Kier alpha value is -1.18. The molecule has 0 atom stereocenters. The van der Waals surface area contributed by atoms with Crippen molar-refractivity contribution in [2.24, 2.45) is 5.92 Å². The van der Waals surface area contributed by atoms with Crippen molar-refractivity contribution >= 4 is 15.8 Å². The summed E-state index contributed by atoms with van der Waals surface area (Å²) in [6.45, 7) is 3.90. The largest absolute Gasteiger partial charge is 0.372 e. The molecule has 6 nitrogen and oxygen atoms in total. The van der Waals surface area contributed by atoms with Crippen LogP contribution >= 0.6 is 0 Å². The summed E-state index contributed by atoms with van der Waals surface area (Å²) < 4.78 is 27.0. The van der Waals surface area contributed by atoms with Crippen molar-refractivity contribution in [2.75, 3.05) is 45.1 Å². The van der Waals surface area contributed by atoms with Gasteiger partial charge >= 0.3 is 0 Å². The first-order chi connectivity index (χ1) is 10.1. The van der Waals surface area contributed by atoms with Crippen LogP contribution in [-0.4, -0.2) is 62.4 Å². The molecule has 116 valence electrons. The SMILES string of the molecule is CNc1ncccc1S(=O)(=O)N1CCN(CC2CC2)CC1. The fourth-order valence-corrected chi connectivity index (χ4v) is 4.32. The van der Waals surface area contributed by atoms with Crippen LogP contribution in [0.5, 0.6) is 0 Å². The van der Waals surface area contributed by atoms with Crippen molar-refractivity contribution in [3.8, 4) is 0 Å². The van der Waals surface area contributed by atoms with E-state index in [1.165, 1.54) is 12.8 Å². The Morgan fingerprint density at radius 2 is 2.00 bits per heavy atom. The Morgan fingerprint density at radius 3 is 2.62 bits per heavy atom. The van der Waals surface area contributed by atoms with Crippen LogP contribution in [0.3, 0.4) is 0 Å². The summed E-state index contributed by atoms with van der Waals surface area (Å²) in [5.74, 6) is 1.26. The van der Waals surface area contributed by atoms with E-state index in [0.29, 0.717) is 18.9 Å². The van der Waals surface area contributed by atoms with E-state index in [1.807, 2.05) is 0 Å². The van der Waals surface area contributed by atoms with Crippen LogP contribution in [0.25, 0.3) is 0 Å². The lowest BCUT2D eigenvalue weighted by Crippen LogP contribution is -2.49. The molecule has 1 aromatic rings. The molecular formula is C14H22N4O2S. The Kier molecular flexibility index (Phi) is 4.14. The molecule has 0 bridgehead atoms. The average Bonchev–Trinajstić information content (AvgIpc) is 3.32. The van der Waals surface area contributed by atoms with Crippen LogP contribution in [0.4, 0.5) is 5.82 Å². The van der Waals surface area contributed by atoms with Crippen molar-refractivity contribution in [1.29, 1.82) is 0 Å². The lowest BCUT2D eigenvalue weighted by Gasteiger charge is -2.34. The summed E-state index contributed by atoms with van der Waals surface area (Å²) >= 11 is 0. The highest BCUT2D eigenvalue weighted by molar-refractivity contribution is 7.89. The molecule has 2 aliphatic rings. The van der Waals surface area contributed by atoms with Gasteiger partial charge in [-0.25, -0.2) is 13.4 Å². The third-order valence-electron chi connectivity index (χ3n) is 4.17. The Balaban J connectivity index is 1.70. The molecule has 7 heteroatoms. The number of hydrogen-bond acceptors (Lipinski definition) is 5. The molecule has 1 aromatic heterocycles. The monoisotopic (exact) mass is 310 g/mol. The number of sulfonamides is 1. The smallest absolute Gasteiger partial charge is 0.246 e. The van der Waals surface area contributed by atoms with Gasteiger partial charge in [0.2, 0.25) is 10.0 Å². The molecule has 0 amide bonds. The third kappa shape index (κ3) is 3.20. The normalized spacial score (nSPS) is 21.4. The maximum Gasteiger partial charge on any atom is 0.246 e. The first kappa shape index (κ1) is 14.7.